The van der Waals surface area contributed by atoms with Crippen molar-refractivity contribution in [2.45, 2.75) is 13.8 Å². The normalized spacial score (nSPS) is 10.5. The van der Waals surface area contributed by atoms with Crippen LogP contribution in [0, 0.1) is 21.8 Å². The lowest BCUT2D eigenvalue weighted by atomic mass is 10.2. The summed E-state index contributed by atoms with van der Waals surface area (Å²) in [7, 11) is 0. The summed E-state index contributed by atoms with van der Waals surface area (Å²) >= 11 is 0. The van der Waals surface area contributed by atoms with E-state index in [-0.39, 0.29) is 16.9 Å². The highest BCUT2D eigenvalue weighted by Crippen LogP contribution is 2.22. The molecule has 0 heterocycles. The molecule has 126 valence electrons. The molecule has 7 heteroatoms. The number of carbonyl (C=O) groups excluding carboxylic acids is 1. The zero-order valence-electron chi connectivity index (χ0n) is 13.3. The third-order valence-electron chi connectivity index (χ3n) is 3.09. The lowest BCUT2D eigenvalue weighted by molar-refractivity contribution is -0.384. The van der Waals surface area contributed by atoms with Gasteiger partial charge in [-0.05, 0) is 30.2 Å². The Morgan fingerprint density at radius 1 is 1.29 bits per heavy atom. The van der Waals surface area contributed by atoms with Crippen molar-refractivity contribution in [3.05, 3.63) is 64.0 Å². The molecule has 0 aliphatic rings. The number of rotatable bonds is 6. The highest BCUT2D eigenvalue weighted by Gasteiger charge is 2.14. The van der Waals surface area contributed by atoms with Crippen LogP contribution in [0.2, 0.25) is 0 Å². The molecular weight excluding hydrogens is 315 g/mol. The fourth-order valence-corrected chi connectivity index (χ4v) is 1.91. The molecule has 0 saturated carbocycles. The van der Waals surface area contributed by atoms with Crippen molar-refractivity contribution >= 4 is 17.3 Å². The Hall–Kier alpha value is -2.96. The van der Waals surface area contributed by atoms with E-state index in [2.05, 4.69) is 5.32 Å². The number of benzene rings is 2. The zero-order valence-corrected chi connectivity index (χ0v) is 13.3. The lowest BCUT2D eigenvalue weighted by Gasteiger charge is -2.10. The Labute approximate surface area is 138 Å². The maximum absolute atomic E-state index is 13.7. The second-order valence-corrected chi connectivity index (χ2v) is 5.61. The van der Waals surface area contributed by atoms with Crippen molar-refractivity contribution in [3.63, 3.8) is 0 Å². The van der Waals surface area contributed by atoms with Gasteiger partial charge in [0.25, 0.3) is 11.6 Å². The average Bonchev–Trinajstić information content (AvgIpc) is 2.55. The summed E-state index contributed by atoms with van der Waals surface area (Å²) in [5.74, 6) is -0.470. The number of nitrogens with zero attached hydrogens (tertiary/aromatic N) is 1. The maximum Gasteiger partial charge on any atom is 0.271 e. The van der Waals surface area contributed by atoms with E-state index >= 15 is 0 Å². The topological polar surface area (TPSA) is 81.5 Å². The molecule has 0 atom stereocenters. The van der Waals surface area contributed by atoms with Crippen LogP contribution in [0.25, 0.3) is 0 Å². The van der Waals surface area contributed by atoms with Crippen molar-refractivity contribution in [2.24, 2.45) is 5.92 Å². The minimum atomic E-state index is -0.749. The number of hydrogen-bond donors (Lipinski definition) is 1. The number of nitro benzene ring substituents is 1. The number of non-ortho nitro benzene ring substituents is 1. The third-order valence-corrected chi connectivity index (χ3v) is 3.09. The third kappa shape index (κ3) is 4.52. The number of halogens is 1. The number of anilines is 1. The van der Waals surface area contributed by atoms with Crippen LogP contribution in [0.5, 0.6) is 5.75 Å². The van der Waals surface area contributed by atoms with E-state index in [1.165, 1.54) is 6.07 Å². The number of nitro groups is 1. The first-order valence-corrected chi connectivity index (χ1v) is 7.35. The van der Waals surface area contributed by atoms with E-state index < -0.39 is 16.6 Å². The first-order valence-electron chi connectivity index (χ1n) is 7.35. The van der Waals surface area contributed by atoms with Gasteiger partial charge in [-0.2, -0.15) is 0 Å². The molecule has 24 heavy (non-hydrogen) atoms. The molecule has 6 nitrogen and oxygen atoms in total. The van der Waals surface area contributed by atoms with Crippen LogP contribution in [-0.4, -0.2) is 17.4 Å². The maximum atomic E-state index is 13.7. The van der Waals surface area contributed by atoms with Crippen LogP contribution < -0.4 is 10.1 Å². The van der Waals surface area contributed by atoms with E-state index in [0.29, 0.717) is 18.3 Å². The summed E-state index contributed by atoms with van der Waals surface area (Å²) in [6, 6.07) is 9.40. The average molecular weight is 332 g/mol. The Morgan fingerprint density at radius 2 is 2.04 bits per heavy atom. The highest BCUT2D eigenvalue weighted by molar-refractivity contribution is 6.04. The molecule has 0 radical (unpaired) electrons. The minimum absolute atomic E-state index is 0.247. The predicted octanol–water partition coefficient (Wildman–Crippen LogP) is 4.02. The molecule has 1 N–H and O–H groups in total. The van der Waals surface area contributed by atoms with Crippen LogP contribution >= 0.6 is 0 Å². The van der Waals surface area contributed by atoms with Gasteiger partial charge in [0.1, 0.15) is 11.6 Å². The first kappa shape index (κ1) is 17.4. The predicted molar refractivity (Wildman–Crippen MR) is 87.8 cm³/mol. The lowest BCUT2D eigenvalue weighted by Crippen LogP contribution is -2.13. The molecule has 1 amide bonds. The molecule has 2 rings (SSSR count). The Morgan fingerprint density at radius 3 is 2.71 bits per heavy atom. The summed E-state index contributed by atoms with van der Waals surface area (Å²) in [6.07, 6.45) is 0. The Bertz CT molecular complexity index is 762. The summed E-state index contributed by atoms with van der Waals surface area (Å²) in [5.41, 5.74) is -0.286. The monoisotopic (exact) mass is 332 g/mol. The van der Waals surface area contributed by atoms with Gasteiger partial charge in [0.15, 0.2) is 0 Å². The second kappa shape index (κ2) is 7.54. The van der Waals surface area contributed by atoms with Gasteiger partial charge in [-0.1, -0.05) is 19.9 Å². The van der Waals surface area contributed by atoms with Crippen molar-refractivity contribution in [1.82, 2.24) is 0 Å². The van der Waals surface area contributed by atoms with Gasteiger partial charge in [-0.15, -0.1) is 0 Å². The standard InChI is InChI=1S/C17H17FN2O4/c1-11(2)10-24-14-5-3-4-12(8-14)17(21)19-16-9-13(20(22)23)6-7-15(16)18/h3-9,11H,10H2,1-2H3,(H,19,21). The van der Waals surface area contributed by atoms with Crippen molar-refractivity contribution < 1.29 is 18.8 Å². The van der Waals surface area contributed by atoms with Crippen molar-refractivity contribution in [1.29, 1.82) is 0 Å². The van der Waals surface area contributed by atoms with Gasteiger partial charge in [-0.3, -0.25) is 14.9 Å². The largest absolute Gasteiger partial charge is 0.493 e. The molecule has 0 fully saturated rings. The first-order chi connectivity index (χ1) is 11.4. The molecule has 2 aromatic rings. The fraction of sp³-hybridized carbons (Fsp3) is 0.235. The van der Waals surface area contributed by atoms with Gasteiger partial charge in [0.05, 0.1) is 17.2 Å². The van der Waals surface area contributed by atoms with Crippen molar-refractivity contribution in [2.75, 3.05) is 11.9 Å². The highest BCUT2D eigenvalue weighted by atomic mass is 19.1. The fourth-order valence-electron chi connectivity index (χ4n) is 1.91. The molecule has 0 spiro atoms. The summed E-state index contributed by atoms with van der Waals surface area (Å²) < 4.78 is 19.3. The van der Waals surface area contributed by atoms with Gasteiger partial charge in [0, 0.05) is 17.7 Å². The number of amides is 1. The summed E-state index contributed by atoms with van der Waals surface area (Å²) in [6.45, 7) is 4.51. The molecular formula is C17H17FN2O4. The molecule has 0 unspecified atom stereocenters. The quantitative estimate of drug-likeness (QED) is 0.640. The van der Waals surface area contributed by atoms with Gasteiger partial charge < -0.3 is 10.1 Å². The Balaban J connectivity index is 2.16. The van der Waals surface area contributed by atoms with Crippen LogP contribution in [0.3, 0.4) is 0 Å². The SMILES string of the molecule is CC(C)COc1cccc(C(=O)Nc2cc([N+](=O)[O-])ccc2F)c1. The zero-order chi connectivity index (χ0) is 17.7. The molecule has 2 aromatic carbocycles. The Kier molecular flexibility index (Phi) is 5.47. The minimum Gasteiger partial charge on any atom is -0.493 e. The van der Waals surface area contributed by atoms with E-state index in [1.54, 1.807) is 18.2 Å². The van der Waals surface area contributed by atoms with Gasteiger partial charge in [0.2, 0.25) is 0 Å². The van der Waals surface area contributed by atoms with Crippen LogP contribution in [0.1, 0.15) is 24.2 Å². The molecule has 0 aliphatic heterocycles. The van der Waals surface area contributed by atoms with Gasteiger partial charge in [-0.25, -0.2) is 4.39 Å². The smallest absolute Gasteiger partial charge is 0.271 e. The second-order valence-electron chi connectivity index (χ2n) is 5.61. The molecule has 0 aliphatic carbocycles. The molecule has 0 bridgehead atoms. The summed E-state index contributed by atoms with van der Waals surface area (Å²) in [4.78, 5) is 22.3. The number of carbonyl (C=O) groups is 1. The van der Waals surface area contributed by atoms with E-state index in [0.717, 1.165) is 18.2 Å². The summed E-state index contributed by atoms with van der Waals surface area (Å²) in [5, 5.41) is 13.1. The number of ether oxygens (including phenoxy) is 1. The van der Waals surface area contributed by atoms with Crippen LogP contribution in [-0.2, 0) is 0 Å². The number of hydrogen-bond acceptors (Lipinski definition) is 4. The molecule has 0 saturated heterocycles. The number of nitrogens with one attached hydrogen (secondary N) is 1. The van der Waals surface area contributed by atoms with Crippen molar-refractivity contribution in [3.8, 4) is 5.75 Å². The van der Waals surface area contributed by atoms with Crippen LogP contribution in [0.15, 0.2) is 42.5 Å². The molecule has 0 aromatic heterocycles. The van der Waals surface area contributed by atoms with E-state index in [9.17, 15) is 19.3 Å². The van der Waals surface area contributed by atoms with E-state index in [1.807, 2.05) is 13.8 Å². The van der Waals surface area contributed by atoms with Crippen LogP contribution in [0.4, 0.5) is 15.8 Å². The van der Waals surface area contributed by atoms with E-state index in [4.69, 9.17) is 4.74 Å². The van der Waals surface area contributed by atoms with Gasteiger partial charge >= 0.3 is 0 Å².